The molecule has 3 rings (SSSR count). The molecule has 5 nitrogen and oxygen atoms in total. The number of carbonyl (C=O) groups is 2. The van der Waals surface area contributed by atoms with E-state index in [4.69, 9.17) is 4.74 Å². The van der Waals surface area contributed by atoms with E-state index in [1.165, 1.54) is 16.2 Å². The van der Waals surface area contributed by atoms with Gasteiger partial charge in [-0.2, -0.15) is 0 Å². The molecular weight excluding hydrogens is 292 g/mol. The second kappa shape index (κ2) is 6.71. The van der Waals surface area contributed by atoms with Crippen LogP contribution in [0.5, 0.6) is 5.75 Å². The lowest BCUT2D eigenvalue weighted by Crippen LogP contribution is -3.18. The first-order valence-electron chi connectivity index (χ1n) is 8.54. The molecule has 0 aliphatic carbocycles. The summed E-state index contributed by atoms with van der Waals surface area (Å²) in [6.45, 7) is 6.73. The molecule has 2 fully saturated rings. The molecule has 1 N–H and O–H groups in total. The lowest BCUT2D eigenvalue weighted by Gasteiger charge is -2.31. The number of anilines is 1. The fourth-order valence-corrected chi connectivity index (χ4v) is 3.73. The molecule has 2 heterocycles. The third kappa shape index (κ3) is 3.24. The molecule has 0 aromatic heterocycles. The Bertz CT molecular complexity index is 584. The van der Waals surface area contributed by atoms with Gasteiger partial charge in [0.25, 0.3) is 5.91 Å². The number of amides is 2. The molecule has 23 heavy (non-hydrogen) atoms. The third-order valence-electron chi connectivity index (χ3n) is 4.85. The van der Waals surface area contributed by atoms with Gasteiger partial charge in [-0.15, -0.1) is 0 Å². The van der Waals surface area contributed by atoms with Crippen molar-refractivity contribution in [1.82, 2.24) is 0 Å². The van der Waals surface area contributed by atoms with Crippen LogP contribution in [0.25, 0.3) is 0 Å². The van der Waals surface area contributed by atoms with E-state index < -0.39 is 0 Å². The third-order valence-corrected chi connectivity index (χ3v) is 4.85. The number of hydrogen-bond acceptors (Lipinski definition) is 3. The van der Waals surface area contributed by atoms with Gasteiger partial charge in [0, 0.05) is 5.92 Å². The zero-order chi connectivity index (χ0) is 16.4. The predicted octanol–water partition coefficient (Wildman–Crippen LogP) is 1.03. The van der Waals surface area contributed by atoms with Crippen LogP contribution in [0, 0.1) is 5.92 Å². The van der Waals surface area contributed by atoms with Crippen molar-refractivity contribution in [3.8, 4) is 5.75 Å². The smallest absolute Gasteiger partial charge is 0.292 e. The van der Waals surface area contributed by atoms with Crippen molar-refractivity contribution in [3.05, 3.63) is 24.3 Å². The van der Waals surface area contributed by atoms with Gasteiger partial charge in [-0.05, 0) is 44.0 Å². The maximum Gasteiger partial charge on any atom is 0.292 e. The summed E-state index contributed by atoms with van der Waals surface area (Å²) >= 11 is 0. The minimum Gasteiger partial charge on any atom is -0.494 e. The zero-order valence-electron chi connectivity index (χ0n) is 13.9. The van der Waals surface area contributed by atoms with Crippen LogP contribution in [0.15, 0.2) is 24.3 Å². The Balaban J connectivity index is 1.75. The number of rotatable bonds is 4. The van der Waals surface area contributed by atoms with Crippen molar-refractivity contribution >= 4 is 17.5 Å². The van der Waals surface area contributed by atoms with Crippen molar-refractivity contribution in [3.63, 3.8) is 0 Å². The number of nitrogens with zero attached hydrogens (tertiary/aromatic N) is 1. The molecule has 0 spiro atoms. The molecule has 2 saturated heterocycles. The summed E-state index contributed by atoms with van der Waals surface area (Å²) in [6, 6.07) is 6.98. The number of imide groups is 1. The predicted molar refractivity (Wildman–Crippen MR) is 87.6 cm³/mol. The van der Waals surface area contributed by atoms with Gasteiger partial charge in [0.05, 0.1) is 31.8 Å². The normalized spacial score (nSPS) is 28.3. The van der Waals surface area contributed by atoms with Crippen LogP contribution in [-0.4, -0.2) is 37.6 Å². The molecule has 0 saturated carbocycles. The Labute approximate surface area is 137 Å². The number of hydrogen-bond donors (Lipinski definition) is 1. The van der Waals surface area contributed by atoms with Crippen molar-refractivity contribution in [2.24, 2.45) is 5.92 Å². The molecule has 1 aromatic carbocycles. The largest absolute Gasteiger partial charge is 0.494 e. The number of piperidine rings is 1. The van der Waals surface area contributed by atoms with Crippen LogP contribution in [0.3, 0.4) is 0 Å². The van der Waals surface area contributed by atoms with Crippen LogP contribution >= 0.6 is 0 Å². The summed E-state index contributed by atoms with van der Waals surface area (Å²) in [5.41, 5.74) is 0.649. The van der Waals surface area contributed by atoms with Gasteiger partial charge in [0.1, 0.15) is 5.75 Å². The SMILES string of the molecule is CCOc1ccc(N2C(=O)C[C@@H]([NH+]3CCC[C@H](C)C3)C2=O)cc1. The number of likely N-dealkylation sites (tertiary alicyclic amines) is 1. The molecule has 124 valence electrons. The number of carbonyl (C=O) groups excluding carboxylic acids is 2. The average molecular weight is 317 g/mol. The number of benzene rings is 1. The molecule has 1 aromatic rings. The van der Waals surface area contributed by atoms with Crippen LogP contribution in [0.1, 0.15) is 33.1 Å². The molecule has 1 unspecified atom stereocenters. The van der Waals surface area contributed by atoms with E-state index in [0.717, 1.165) is 25.3 Å². The Morgan fingerprint density at radius 1 is 1.26 bits per heavy atom. The first kappa shape index (κ1) is 16.0. The molecule has 0 bridgehead atoms. The number of nitrogens with one attached hydrogen (secondary N) is 1. The number of ether oxygens (including phenoxy) is 1. The summed E-state index contributed by atoms with van der Waals surface area (Å²) < 4.78 is 5.41. The van der Waals surface area contributed by atoms with E-state index in [1.807, 2.05) is 19.1 Å². The lowest BCUT2D eigenvalue weighted by atomic mass is 9.98. The van der Waals surface area contributed by atoms with E-state index in [9.17, 15) is 9.59 Å². The highest BCUT2D eigenvalue weighted by Crippen LogP contribution is 2.25. The molecular formula is C18H25N2O3+. The van der Waals surface area contributed by atoms with Crippen LogP contribution < -0.4 is 14.5 Å². The number of quaternary nitrogens is 1. The summed E-state index contributed by atoms with van der Waals surface area (Å²) in [7, 11) is 0. The van der Waals surface area contributed by atoms with Gasteiger partial charge in [0.15, 0.2) is 6.04 Å². The summed E-state index contributed by atoms with van der Waals surface area (Å²) in [5, 5.41) is 0. The first-order valence-corrected chi connectivity index (χ1v) is 8.54. The lowest BCUT2D eigenvalue weighted by molar-refractivity contribution is -0.923. The minimum atomic E-state index is -0.211. The molecule has 2 amide bonds. The van der Waals surface area contributed by atoms with E-state index in [-0.39, 0.29) is 17.9 Å². The maximum atomic E-state index is 12.8. The summed E-state index contributed by atoms with van der Waals surface area (Å²) in [5.74, 6) is 1.24. The van der Waals surface area contributed by atoms with Crippen molar-refractivity contribution < 1.29 is 19.2 Å². The highest BCUT2D eigenvalue weighted by Gasteiger charge is 2.46. The second-order valence-electron chi connectivity index (χ2n) is 6.61. The van der Waals surface area contributed by atoms with Gasteiger partial charge in [-0.3, -0.25) is 9.59 Å². The van der Waals surface area contributed by atoms with Gasteiger partial charge in [-0.25, -0.2) is 4.90 Å². The molecule has 3 atom stereocenters. The highest BCUT2D eigenvalue weighted by atomic mass is 16.5. The standard InChI is InChI=1S/C18H24N2O3/c1-3-23-15-8-6-14(7-9-15)20-17(21)11-16(18(20)22)19-10-4-5-13(2)12-19/h6-9,13,16H,3-5,10-12H2,1-2H3/p+1/t13-,16+/m0/s1. The fraction of sp³-hybridized carbons (Fsp3) is 0.556. The Kier molecular flexibility index (Phi) is 4.66. The first-order chi connectivity index (χ1) is 11.1. The van der Waals surface area contributed by atoms with E-state index in [1.54, 1.807) is 12.1 Å². The average Bonchev–Trinajstić information content (AvgIpc) is 2.83. The Morgan fingerprint density at radius 3 is 2.65 bits per heavy atom. The quantitative estimate of drug-likeness (QED) is 0.844. The molecule has 0 radical (unpaired) electrons. The monoisotopic (exact) mass is 317 g/mol. The summed E-state index contributed by atoms with van der Waals surface area (Å²) in [6.07, 6.45) is 2.69. The van der Waals surface area contributed by atoms with Crippen molar-refractivity contribution in [1.29, 1.82) is 0 Å². The zero-order valence-corrected chi connectivity index (χ0v) is 13.9. The van der Waals surface area contributed by atoms with Gasteiger partial charge < -0.3 is 9.64 Å². The minimum absolute atomic E-state index is 0.0525. The Morgan fingerprint density at radius 2 is 2.00 bits per heavy atom. The summed E-state index contributed by atoms with van der Waals surface area (Å²) in [4.78, 5) is 27.8. The van der Waals surface area contributed by atoms with Crippen molar-refractivity contribution in [2.75, 3.05) is 24.6 Å². The fourth-order valence-electron chi connectivity index (χ4n) is 3.73. The van der Waals surface area contributed by atoms with Crippen LogP contribution in [0.4, 0.5) is 5.69 Å². The van der Waals surface area contributed by atoms with E-state index >= 15 is 0 Å². The van der Waals surface area contributed by atoms with Gasteiger partial charge in [0.2, 0.25) is 5.91 Å². The highest BCUT2D eigenvalue weighted by molar-refractivity contribution is 6.21. The van der Waals surface area contributed by atoms with E-state index in [0.29, 0.717) is 24.6 Å². The van der Waals surface area contributed by atoms with Gasteiger partial charge in [-0.1, -0.05) is 6.92 Å². The van der Waals surface area contributed by atoms with Crippen molar-refractivity contribution in [2.45, 2.75) is 39.2 Å². The van der Waals surface area contributed by atoms with E-state index in [2.05, 4.69) is 6.92 Å². The second-order valence-corrected chi connectivity index (χ2v) is 6.61. The molecule has 5 heteroatoms. The Hall–Kier alpha value is -1.88. The molecule has 2 aliphatic rings. The molecule has 2 aliphatic heterocycles. The van der Waals surface area contributed by atoms with Gasteiger partial charge >= 0.3 is 0 Å². The van der Waals surface area contributed by atoms with Crippen LogP contribution in [0.2, 0.25) is 0 Å². The topological polar surface area (TPSA) is 51.0 Å². The van der Waals surface area contributed by atoms with Crippen LogP contribution in [-0.2, 0) is 9.59 Å². The maximum absolute atomic E-state index is 12.8.